The molecule has 96 valence electrons. The van der Waals surface area contributed by atoms with Gasteiger partial charge in [0, 0.05) is 31.9 Å². The van der Waals surface area contributed by atoms with Crippen LogP contribution >= 0.6 is 11.6 Å². The van der Waals surface area contributed by atoms with Crippen LogP contribution in [0.15, 0.2) is 24.3 Å². The van der Waals surface area contributed by atoms with Crippen LogP contribution in [0.4, 0.5) is 0 Å². The van der Waals surface area contributed by atoms with Crippen LogP contribution in [-0.4, -0.2) is 30.1 Å². The standard InChI is InChI=1S/C12H19ClO3Si/c1-10(17(14-2,15-3)16-4)9-11-7-5-6-8-12(11)13/h5-8,10H,9H2,1-4H3. The molecule has 1 aromatic rings. The first-order valence-electron chi connectivity index (χ1n) is 5.48. The van der Waals surface area contributed by atoms with Crippen molar-refractivity contribution >= 4 is 20.4 Å². The maximum atomic E-state index is 6.14. The average Bonchev–Trinajstić information content (AvgIpc) is 2.35. The van der Waals surface area contributed by atoms with Crippen molar-refractivity contribution in [2.24, 2.45) is 0 Å². The molecule has 0 saturated carbocycles. The first-order chi connectivity index (χ1) is 8.09. The molecule has 0 amide bonds. The molecule has 0 aromatic heterocycles. The Morgan fingerprint density at radius 2 is 1.65 bits per heavy atom. The largest absolute Gasteiger partial charge is 0.503 e. The van der Waals surface area contributed by atoms with Crippen molar-refractivity contribution in [3.63, 3.8) is 0 Å². The van der Waals surface area contributed by atoms with Crippen LogP contribution in [0.1, 0.15) is 12.5 Å². The van der Waals surface area contributed by atoms with Crippen LogP contribution in [0.2, 0.25) is 10.6 Å². The van der Waals surface area contributed by atoms with E-state index in [0.29, 0.717) is 0 Å². The molecule has 5 heteroatoms. The van der Waals surface area contributed by atoms with Gasteiger partial charge in [0.05, 0.1) is 0 Å². The zero-order valence-corrected chi connectivity index (χ0v) is 12.5. The van der Waals surface area contributed by atoms with Gasteiger partial charge in [-0.1, -0.05) is 36.7 Å². The molecule has 1 unspecified atom stereocenters. The maximum absolute atomic E-state index is 6.14. The molecule has 1 aromatic carbocycles. The Morgan fingerprint density at radius 3 is 2.12 bits per heavy atom. The Morgan fingerprint density at radius 1 is 1.12 bits per heavy atom. The quantitative estimate of drug-likeness (QED) is 0.746. The number of hydrogen-bond acceptors (Lipinski definition) is 3. The van der Waals surface area contributed by atoms with E-state index in [4.69, 9.17) is 24.9 Å². The van der Waals surface area contributed by atoms with E-state index in [1.807, 2.05) is 24.3 Å². The van der Waals surface area contributed by atoms with E-state index in [0.717, 1.165) is 17.0 Å². The van der Waals surface area contributed by atoms with Crippen molar-refractivity contribution < 1.29 is 13.3 Å². The lowest BCUT2D eigenvalue weighted by Crippen LogP contribution is -2.47. The molecular formula is C12H19ClO3Si. The van der Waals surface area contributed by atoms with E-state index >= 15 is 0 Å². The van der Waals surface area contributed by atoms with Gasteiger partial charge in [0.2, 0.25) is 0 Å². The van der Waals surface area contributed by atoms with Gasteiger partial charge in [-0.15, -0.1) is 0 Å². The van der Waals surface area contributed by atoms with Crippen molar-refractivity contribution in [3.8, 4) is 0 Å². The van der Waals surface area contributed by atoms with E-state index in [1.165, 1.54) is 0 Å². The topological polar surface area (TPSA) is 27.7 Å². The lowest BCUT2D eigenvalue weighted by Gasteiger charge is -2.30. The predicted molar refractivity (Wildman–Crippen MR) is 71.4 cm³/mol. The Kier molecular flexibility index (Phi) is 5.62. The summed E-state index contributed by atoms with van der Waals surface area (Å²) in [5.41, 5.74) is 1.24. The number of benzene rings is 1. The summed E-state index contributed by atoms with van der Waals surface area (Å²) in [7, 11) is 2.30. The van der Waals surface area contributed by atoms with Crippen molar-refractivity contribution in [1.29, 1.82) is 0 Å². The van der Waals surface area contributed by atoms with Gasteiger partial charge < -0.3 is 13.3 Å². The van der Waals surface area contributed by atoms with Gasteiger partial charge in [0.25, 0.3) is 0 Å². The van der Waals surface area contributed by atoms with Crippen molar-refractivity contribution in [2.45, 2.75) is 18.9 Å². The summed E-state index contributed by atoms with van der Waals surface area (Å²) in [4.78, 5) is 0. The molecule has 0 aliphatic rings. The van der Waals surface area contributed by atoms with E-state index in [1.54, 1.807) is 21.3 Å². The second-order valence-corrected chi connectivity index (χ2v) is 7.74. The highest BCUT2D eigenvalue weighted by Crippen LogP contribution is 2.29. The van der Waals surface area contributed by atoms with Crippen molar-refractivity contribution in [3.05, 3.63) is 34.9 Å². The Labute approximate surface area is 109 Å². The highest BCUT2D eigenvalue weighted by molar-refractivity contribution is 6.62. The third kappa shape index (κ3) is 3.30. The van der Waals surface area contributed by atoms with E-state index < -0.39 is 8.80 Å². The van der Waals surface area contributed by atoms with Gasteiger partial charge in [0.15, 0.2) is 0 Å². The van der Waals surface area contributed by atoms with Gasteiger partial charge in [-0.2, -0.15) is 0 Å². The second-order valence-electron chi connectivity index (χ2n) is 3.91. The van der Waals surface area contributed by atoms with Crippen LogP contribution in [0.25, 0.3) is 0 Å². The molecule has 1 rings (SSSR count). The monoisotopic (exact) mass is 274 g/mol. The minimum atomic E-state index is -2.59. The number of rotatable bonds is 6. The molecule has 0 N–H and O–H groups in total. The summed E-state index contributed by atoms with van der Waals surface area (Å²) in [6.45, 7) is 2.06. The zero-order valence-electron chi connectivity index (χ0n) is 10.7. The predicted octanol–water partition coefficient (Wildman–Crippen LogP) is 3.15. The van der Waals surface area contributed by atoms with E-state index in [-0.39, 0.29) is 5.54 Å². The third-order valence-corrected chi connectivity index (χ3v) is 6.43. The summed E-state index contributed by atoms with van der Waals surface area (Å²) in [6.07, 6.45) is 0.779. The first-order valence-corrected chi connectivity index (χ1v) is 7.66. The lowest BCUT2D eigenvalue weighted by atomic mass is 10.1. The van der Waals surface area contributed by atoms with Crippen molar-refractivity contribution in [2.75, 3.05) is 21.3 Å². The van der Waals surface area contributed by atoms with Crippen LogP contribution in [0.5, 0.6) is 0 Å². The average molecular weight is 275 g/mol. The van der Waals surface area contributed by atoms with Gasteiger partial charge in [-0.05, 0) is 18.1 Å². The van der Waals surface area contributed by atoms with Crippen LogP contribution < -0.4 is 0 Å². The highest BCUT2D eigenvalue weighted by Gasteiger charge is 2.44. The zero-order chi connectivity index (χ0) is 12.9. The first kappa shape index (κ1) is 14.7. The van der Waals surface area contributed by atoms with E-state index in [9.17, 15) is 0 Å². The van der Waals surface area contributed by atoms with Gasteiger partial charge in [0.1, 0.15) is 0 Å². The summed E-state index contributed by atoms with van der Waals surface area (Å²) >= 11 is 6.14. The minimum absolute atomic E-state index is 0.155. The maximum Gasteiger partial charge on any atom is 0.503 e. The molecule has 0 bridgehead atoms. The highest BCUT2D eigenvalue weighted by atomic mass is 35.5. The molecule has 0 saturated heterocycles. The molecule has 1 atom stereocenters. The smallest absolute Gasteiger partial charge is 0.377 e. The Balaban J connectivity index is 2.84. The van der Waals surface area contributed by atoms with Crippen LogP contribution in [0, 0.1) is 0 Å². The fourth-order valence-electron chi connectivity index (χ4n) is 1.97. The SMILES string of the molecule is CO[Si](OC)(OC)C(C)Cc1ccccc1Cl. The molecule has 0 fully saturated rings. The molecule has 0 radical (unpaired) electrons. The summed E-state index contributed by atoms with van der Waals surface area (Å²) in [5, 5.41) is 0.769. The fraction of sp³-hybridized carbons (Fsp3) is 0.500. The lowest BCUT2D eigenvalue weighted by molar-refractivity contribution is 0.113. The normalized spacial score (nSPS) is 13.7. The molecule has 0 aliphatic heterocycles. The number of hydrogen-bond donors (Lipinski definition) is 0. The molecule has 17 heavy (non-hydrogen) atoms. The van der Waals surface area contributed by atoms with Gasteiger partial charge in [-0.25, -0.2) is 0 Å². The fourth-order valence-corrected chi connectivity index (χ4v) is 4.36. The second kappa shape index (κ2) is 6.52. The molecule has 0 heterocycles. The van der Waals surface area contributed by atoms with Gasteiger partial charge >= 0.3 is 8.80 Å². The third-order valence-electron chi connectivity index (χ3n) is 2.94. The van der Waals surface area contributed by atoms with E-state index in [2.05, 4.69) is 6.92 Å². The van der Waals surface area contributed by atoms with Gasteiger partial charge in [-0.3, -0.25) is 0 Å². The molecule has 0 aliphatic carbocycles. The molecule has 0 spiro atoms. The summed E-state index contributed by atoms with van der Waals surface area (Å²) in [5.74, 6) is 0. The van der Waals surface area contributed by atoms with Crippen LogP contribution in [-0.2, 0) is 19.7 Å². The summed E-state index contributed by atoms with van der Waals surface area (Å²) in [6, 6.07) is 7.80. The van der Waals surface area contributed by atoms with Crippen molar-refractivity contribution in [1.82, 2.24) is 0 Å². The Hall–Kier alpha value is -0.393. The minimum Gasteiger partial charge on any atom is -0.377 e. The molecular weight excluding hydrogens is 256 g/mol. The Bertz CT molecular complexity index is 347. The van der Waals surface area contributed by atoms with Crippen LogP contribution in [0.3, 0.4) is 0 Å². The number of halogens is 1. The summed E-state index contributed by atoms with van der Waals surface area (Å²) < 4.78 is 16.4. The molecule has 3 nitrogen and oxygen atoms in total.